The lowest BCUT2D eigenvalue weighted by Gasteiger charge is -2.36. The van der Waals surface area contributed by atoms with Crippen LogP contribution in [-0.2, 0) is 4.74 Å². The van der Waals surface area contributed by atoms with Crippen LogP contribution in [0.1, 0.15) is 13.8 Å². The first-order valence-electron chi connectivity index (χ1n) is 5.54. The molecule has 0 radical (unpaired) electrons. The van der Waals surface area contributed by atoms with Crippen LogP contribution < -0.4 is 10.1 Å². The molecule has 0 aromatic carbocycles. The molecule has 1 aliphatic heterocycles. The van der Waals surface area contributed by atoms with Crippen LogP contribution in [0.15, 0.2) is 12.4 Å². The number of morpholine rings is 1. The fourth-order valence-corrected chi connectivity index (χ4v) is 1.87. The molecule has 0 bridgehead atoms. The van der Waals surface area contributed by atoms with Crippen LogP contribution in [0.4, 0.5) is 0 Å². The average Bonchev–Trinajstić information content (AvgIpc) is 2.25. The van der Waals surface area contributed by atoms with Gasteiger partial charge in [-0.3, -0.25) is 4.98 Å². The summed E-state index contributed by atoms with van der Waals surface area (Å²) in [6.07, 6.45) is 3.02. The Hall–Kier alpha value is -0.910. The van der Waals surface area contributed by atoms with E-state index in [0.717, 1.165) is 13.1 Å². The monoisotopic (exact) mass is 257 g/mol. The summed E-state index contributed by atoms with van der Waals surface area (Å²) in [5.41, 5.74) is -0.160. The van der Waals surface area contributed by atoms with Gasteiger partial charge < -0.3 is 14.8 Å². The zero-order chi connectivity index (χ0) is 12.3. The van der Waals surface area contributed by atoms with Crippen LogP contribution >= 0.6 is 11.6 Å². The zero-order valence-electron chi connectivity index (χ0n) is 9.94. The largest absolute Gasteiger partial charge is 0.474 e. The minimum atomic E-state index is -0.160. The van der Waals surface area contributed by atoms with E-state index in [4.69, 9.17) is 21.1 Å². The lowest BCUT2D eigenvalue weighted by molar-refractivity contribution is -0.107. The second-order valence-corrected chi connectivity index (χ2v) is 5.01. The van der Waals surface area contributed by atoms with Gasteiger partial charge in [0.1, 0.15) is 12.7 Å². The molecule has 6 heteroatoms. The molecule has 0 spiro atoms. The molecule has 0 aliphatic carbocycles. The minimum absolute atomic E-state index is 0.0135. The van der Waals surface area contributed by atoms with Crippen molar-refractivity contribution in [3.63, 3.8) is 0 Å². The number of aromatic nitrogens is 2. The third-order valence-corrected chi connectivity index (χ3v) is 2.59. The Morgan fingerprint density at radius 3 is 3.12 bits per heavy atom. The molecule has 1 fully saturated rings. The van der Waals surface area contributed by atoms with E-state index >= 15 is 0 Å². The highest BCUT2D eigenvalue weighted by Gasteiger charge is 2.28. The topological polar surface area (TPSA) is 56.3 Å². The Balaban J connectivity index is 1.86. The summed E-state index contributed by atoms with van der Waals surface area (Å²) >= 11 is 5.71. The standard InChI is InChI=1S/C11H16ClN3O2/c1-11(2)7-14-3-8(17-11)6-16-10-5-13-4-9(12)15-10/h4-5,8,14H,3,6-7H2,1-2H3. The molecular formula is C11H16ClN3O2. The number of hydrogen-bond acceptors (Lipinski definition) is 5. The van der Waals surface area contributed by atoms with Gasteiger partial charge in [-0.05, 0) is 13.8 Å². The van der Waals surface area contributed by atoms with Gasteiger partial charge >= 0.3 is 0 Å². The normalized spacial score (nSPS) is 23.4. The fourth-order valence-electron chi connectivity index (χ4n) is 1.74. The maximum atomic E-state index is 5.86. The molecule has 0 amide bonds. The average molecular weight is 258 g/mol. The summed E-state index contributed by atoms with van der Waals surface area (Å²) in [6.45, 7) is 6.15. The van der Waals surface area contributed by atoms with Crippen molar-refractivity contribution in [1.82, 2.24) is 15.3 Å². The van der Waals surface area contributed by atoms with Gasteiger partial charge in [-0.1, -0.05) is 11.6 Å². The van der Waals surface area contributed by atoms with Crippen LogP contribution in [0.3, 0.4) is 0 Å². The number of ether oxygens (including phenoxy) is 2. The first kappa shape index (κ1) is 12.5. The molecule has 2 rings (SSSR count). The molecule has 1 atom stereocenters. The maximum absolute atomic E-state index is 5.86. The van der Waals surface area contributed by atoms with Gasteiger partial charge in [0.05, 0.1) is 18.0 Å². The Labute approximate surface area is 105 Å². The molecular weight excluding hydrogens is 242 g/mol. The van der Waals surface area contributed by atoms with Gasteiger partial charge in [-0.15, -0.1) is 0 Å². The van der Waals surface area contributed by atoms with E-state index < -0.39 is 0 Å². The first-order chi connectivity index (χ1) is 8.05. The van der Waals surface area contributed by atoms with Crippen LogP contribution in [0.5, 0.6) is 5.88 Å². The van der Waals surface area contributed by atoms with Crippen molar-refractivity contribution in [1.29, 1.82) is 0 Å². The summed E-state index contributed by atoms with van der Waals surface area (Å²) < 4.78 is 11.4. The Bertz CT molecular complexity index is 387. The van der Waals surface area contributed by atoms with Gasteiger partial charge in [0, 0.05) is 13.1 Å². The highest BCUT2D eigenvalue weighted by molar-refractivity contribution is 6.29. The Morgan fingerprint density at radius 1 is 1.59 bits per heavy atom. The maximum Gasteiger partial charge on any atom is 0.233 e. The molecule has 94 valence electrons. The van der Waals surface area contributed by atoms with Crippen LogP contribution in [0.25, 0.3) is 0 Å². The predicted octanol–water partition coefficient (Wildman–Crippen LogP) is 1.28. The molecule has 0 saturated carbocycles. The minimum Gasteiger partial charge on any atom is -0.474 e. The van der Waals surface area contributed by atoms with E-state index in [1.54, 1.807) is 0 Å². The van der Waals surface area contributed by atoms with Crippen molar-refractivity contribution in [2.75, 3.05) is 19.7 Å². The van der Waals surface area contributed by atoms with Gasteiger partial charge in [-0.25, -0.2) is 0 Å². The Morgan fingerprint density at radius 2 is 2.41 bits per heavy atom. The molecule has 1 saturated heterocycles. The molecule has 1 N–H and O–H groups in total. The van der Waals surface area contributed by atoms with Crippen molar-refractivity contribution in [2.24, 2.45) is 0 Å². The molecule has 17 heavy (non-hydrogen) atoms. The van der Waals surface area contributed by atoms with Crippen LogP contribution in [-0.4, -0.2) is 41.4 Å². The summed E-state index contributed by atoms with van der Waals surface area (Å²) in [5, 5.41) is 3.63. The van der Waals surface area contributed by atoms with E-state index in [9.17, 15) is 0 Å². The molecule has 2 heterocycles. The van der Waals surface area contributed by atoms with Gasteiger partial charge in [-0.2, -0.15) is 4.98 Å². The smallest absolute Gasteiger partial charge is 0.233 e. The molecule has 1 aliphatic rings. The molecule has 5 nitrogen and oxygen atoms in total. The number of halogens is 1. The summed E-state index contributed by atoms with van der Waals surface area (Å²) in [6, 6.07) is 0. The van der Waals surface area contributed by atoms with Crippen molar-refractivity contribution in [2.45, 2.75) is 25.6 Å². The van der Waals surface area contributed by atoms with E-state index in [0.29, 0.717) is 17.6 Å². The van der Waals surface area contributed by atoms with E-state index in [1.165, 1.54) is 12.4 Å². The predicted molar refractivity (Wildman–Crippen MR) is 64.4 cm³/mol. The Kier molecular flexibility index (Phi) is 3.81. The van der Waals surface area contributed by atoms with E-state index in [-0.39, 0.29) is 11.7 Å². The van der Waals surface area contributed by atoms with Gasteiger partial charge in [0.2, 0.25) is 5.88 Å². The molecule has 1 unspecified atom stereocenters. The second kappa shape index (κ2) is 5.16. The lowest BCUT2D eigenvalue weighted by Crippen LogP contribution is -2.52. The summed E-state index contributed by atoms with van der Waals surface area (Å²) in [7, 11) is 0. The molecule has 1 aromatic rings. The van der Waals surface area contributed by atoms with E-state index in [2.05, 4.69) is 15.3 Å². The number of rotatable bonds is 3. The summed E-state index contributed by atoms with van der Waals surface area (Å²) in [4.78, 5) is 7.90. The third kappa shape index (κ3) is 3.80. The SMILES string of the molecule is CC1(C)CNCC(COc2cncc(Cl)n2)O1. The highest BCUT2D eigenvalue weighted by Crippen LogP contribution is 2.16. The quantitative estimate of drug-likeness (QED) is 0.884. The first-order valence-corrected chi connectivity index (χ1v) is 5.92. The second-order valence-electron chi connectivity index (χ2n) is 4.62. The van der Waals surface area contributed by atoms with Gasteiger partial charge in [0.25, 0.3) is 0 Å². The number of nitrogens with zero attached hydrogens (tertiary/aromatic N) is 2. The van der Waals surface area contributed by atoms with Crippen molar-refractivity contribution >= 4 is 11.6 Å². The number of nitrogens with one attached hydrogen (secondary N) is 1. The number of hydrogen-bond donors (Lipinski definition) is 1. The fraction of sp³-hybridized carbons (Fsp3) is 0.636. The highest BCUT2D eigenvalue weighted by atomic mass is 35.5. The van der Waals surface area contributed by atoms with Gasteiger partial charge in [0.15, 0.2) is 5.15 Å². The zero-order valence-corrected chi connectivity index (χ0v) is 10.7. The van der Waals surface area contributed by atoms with E-state index in [1.807, 2.05) is 13.8 Å². The van der Waals surface area contributed by atoms with Crippen molar-refractivity contribution in [3.8, 4) is 5.88 Å². The van der Waals surface area contributed by atoms with Crippen LogP contribution in [0, 0.1) is 0 Å². The lowest BCUT2D eigenvalue weighted by atomic mass is 10.1. The third-order valence-electron chi connectivity index (χ3n) is 2.41. The van der Waals surface area contributed by atoms with Crippen molar-refractivity contribution < 1.29 is 9.47 Å². The van der Waals surface area contributed by atoms with Crippen LogP contribution in [0.2, 0.25) is 5.15 Å². The molecule has 1 aromatic heterocycles. The summed E-state index contributed by atoms with van der Waals surface area (Å²) in [5.74, 6) is 0.421. The van der Waals surface area contributed by atoms with Crippen molar-refractivity contribution in [3.05, 3.63) is 17.5 Å².